The van der Waals surface area contributed by atoms with Crippen LogP contribution in [0, 0.1) is 0 Å². The first kappa shape index (κ1) is 13.2. The lowest BCUT2D eigenvalue weighted by Gasteiger charge is -2.21. The summed E-state index contributed by atoms with van der Waals surface area (Å²) >= 11 is 0. The van der Waals surface area contributed by atoms with E-state index in [0.29, 0.717) is 12.1 Å². The van der Waals surface area contributed by atoms with E-state index in [0.717, 1.165) is 0 Å². The molecule has 1 atom stereocenters. The lowest BCUT2D eigenvalue weighted by atomic mass is 10.1. The van der Waals surface area contributed by atoms with Crippen molar-refractivity contribution in [1.29, 1.82) is 0 Å². The van der Waals surface area contributed by atoms with Gasteiger partial charge in [-0.3, -0.25) is 10.0 Å². The number of nitrogens with one attached hydrogen (secondary N) is 1. The maximum atomic E-state index is 11.4. The van der Waals surface area contributed by atoms with Gasteiger partial charge in [0.05, 0.1) is 6.33 Å². The highest BCUT2D eigenvalue weighted by Crippen LogP contribution is 2.07. The Morgan fingerprint density at radius 2 is 2.29 bits per heavy atom. The fourth-order valence-electron chi connectivity index (χ4n) is 1.39. The number of H-pyrrole nitrogens is 1. The molecule has 0 aliphatic carbocycles. The molecular formula is C10H15N3O4. The molecule has 0 saturated carbocycles. The second kappa shape index (κ2) is 6.00. The van der Waals surface area contributed by atoms with Crippen LogP contribution in [0.2, 0.25) is 0 Å². The van der Waals surface area contributed by atoms with Crippen molar-refractivity contribution in [3.63, 3.8) is 0 Å². The van der Waals surface area contributed by atoms with Crippen LogP contribution in [0.25, 0.3) is 0 Å². The predicted octanol–water partition coefficient (Wildman–Crippen LogP) is 0.423. The summed E-state index contributed by atoms with van der Waals surface area (Å²) in [6, 6.07) is -1.30. The van der Waals surface area contributed by atoms with Crippen molar-refractivity contribution in [2.75, 3.05) is 0 Å². The number of hydrogen-bond donors (Lipinski definition) is 3. The van der Waals surface area contributed by atoms with Gasteiger partial charge in [-0.1, -0.05) is 6.92 Å². The third kappa shape index (κ3) is 3.56. The number of carboxylic acids is 1. The Morgan fingerprint density at radius 3 is 2.76 bits per heavy atom. The average molecular weight is 241 g/mol. The minimum Gasteiger partial charge on any atom is -0.480 e. The minimum atomic E-state index is -1.30. The Morgan fingerprint density at radius 1 is 1.59 bits per heavy atom. The molecule has 0 fully saturated rings. The molecule has 0 aromatic carbocycles. The van der Waals surface area contributed by atoms with Gasteiger partial charge in [0.2, 0.25) is 5.91 Å². The summed E-state index contributed by atoms with van der Waals surface area (Å²) in [5.74, 6) is -1.86. The van der Waals surface area contributed by atoms with E-state index in [2.05, 4.69) is 9.97 Å². The van der Waals surface area contributed by atoms with Gasteiger partial charge in [0, 0.05) is 24.7 Å². The summed E-state index contributed by atoms with van der Waals surface area (Å²) in [6.45, 7) is 1.77. The van der Waals surface area contributed by atoms with E-state index < -0.39 is 17.9 Å². The second-order valence-electron chi connectivity index (χ2n) is 3.62. The highest BCUT2D eigenvalue weighted by atomic mass is 16.5. The largest absolute Gasteiger partial charge is 0.480 e. The summed E-state index contributed by atoms with van der Waals surface area (Å²) in [7, 11) is 0. The van der Waals surface area contributed by atoms with Crippen LogP contribution in [0.15, 0.2) is 12.5 Å². The average Bonchev–Trinajstić information content (AvgIpc) is 2.77. The van der Waals surface area contributed by atoms with E-state index in [1.807, 2.05) is 0 Å². The second-order valence-corrected chi connectivity index (χ2v) is 3.62. The number of aromatic amines is 1. The fourth-order valence-corrected chi connectivity index (χ4v) is 1.39. The van der Waals surface area contributed by atoms with Crippen molar-refractivity contribution < 1.29 is 19.9 Å². The molecule has 94 valence electrons. The number of aliphatic carboxylic acids is 1. The van der Waals surface area contributed by atoms with Gasteiger partial charge >= 0.3 is 5.97 Å². The zero-order valence-electron chi connectivity index (χ0n) is 9.46. The zero-order chi connectivity index (χ0) is 12.8. The van der Waals surface area contributed by atoms with Gasteiger partial charge in [0.25, 0.3) is 0 Å². The number of imidazole rings is 1. The molecule has 7 nitrogen and oxygen atoms in total. The number of amides is 1. The number of hydroxylamine groups is 2. The zero-order valence-corrected chi connectivity index (χ0v) is 9.46. The molecule has 0 spiro atoms. The van der Waals surface area contributed by atoms with Crippen molar-refractivity contribution in [3.8, 4) is 0 Å². The highest BCUT2D eigenvalue weighted by Gasteiger charge is 2.28. The van der Waals surface area contributed by atoms with Gasteiger partial charge in [0.1, 0.15) is 0 Å². The number of carboxylic acid groups (broad SMARTS) is 1. The standard InChI is InChI=1S/C10H15N3O4/c1-2-3-9(14)13(17)8(10(15)16)4-7-5-11-6-12-7/h5-6,8,17H,2-4H2,1H3,(H,11,12)(H,15,16)/t8-/m0/s1. The molecule has 0 unspecified atom stereocenters. The molecule has 1 amide bonds. The van der Waals surface area contributed by atoms with E-state index in [1.54, 1.807) is 6.92 Å². The summed E-state index contributed by atoms with van der Waals surface area (Å²) in [5, 5.41) is 18.8. The van der Waals surface area contributed by atoms with Gasteiger partial charge in [-0.2, -0.15) is 0 Å². The van der Waals surface area contributed by atoms with E-state index in [4.69, 9.17) is 5.11 Å². The van der Waals surface area contributed by atoms with E-state index >= 15 is 0 Å². The summed E-state index contributed by atoms with van der Waals surface area (Å²) in [5.41, 5.74) is 0.542. The van der Waals surface area contributed by atoms with Crippen molar-refractivity contribution in [1.82, 2.24) is 15.0 Å². The summed E-state index contributed by atoms with van der Waals surface area (Å²) < 4.78 is 0. The molecule has 3 N–H and O–H groups in total. The molecule has 7 heteroatoms. The molecule has 1 aromatic rings. The van der Waals surface area contributed by atoms with Crippen LogP contribution in [0.1, 0.15) is 25.5 Å². The van der Waals surface area contributed by atoms with Crippen LogP contribution in [0.5, 0.6) is 0 Å². The molecule has 1 heterocycles. The van der Waals surface area contributed by atoms with E-state index in [-0.39, 0.29) is 17.9 Å². The number of hydrogen-bond acceptors (Lipinski definition) is 4. The third-order valence-electron chi connectivity index (χ3n) is 2.27. The number of nitrogens with zero attached hydrogens (tertiary/aromatic N) is 2. The Bertz CT molecular complexity index is 377. The lowest BCUT2D eigenvalue weighted by molar-refractivity contribution is -0.186. The summed E-state index contributed by atoms with van der Waals surface area (Å²) in [4.78, 5) is 28.9. The molecular weight excluding hydrogens is 226 g/mol. The first-order valence-electron chi connectivity index (χ1n) is 5.27. The first-order chi connectivity index (χ1) is 8.06. The molecule has 0 aliphatic rings. The van der Waals surface area contributed by atoms with Gasteiger partial charge in [-0.25, -0.2) is 14.8 Å². The van der Waals surface area contributed by atoms with Crippen LogP contribution in [0.3, 0.4) is 0 Å². The van der Waals surface area contributed by atoms with Crippen molar-refractivity contribution >= 4 is 11.9 Å². The smallest absolute Gasteiger partial charge is 0.329 e. The van der Waals surface area contributed by atoms with Crippen LogP contribution >= 0.6 is 0 Å². The van der Waals surface area contributed by atoms with Crippen molar-refractivity contribution in [2.24, 2.45) is 0 Å². The van der Waals surface area contributed by atoms with Gasteiger partial charge in [-0.15, -0.1) is 0 Å². The van der Waals surface area contributed by atoms with Crippen molar-refractivity contribution in [2.45, 2.75) is 32.2 Å². The van der Waals surface area contributed by atoms with Gasteiger partial charge in [-0.05, 0) is 6.42 Å². The number of aromatic nitrogens is 2. The van der Waals surface area contributed by atoms with E-state index in [9.17, 15) is 14.8 Å². The van der Waals surface area contributed by atoms with Crippen molar-refractivity contribution in [3.05, 3.63) is 18.2 Å². The normalized spacial score (nSPS) is 12.1. The van der Waals surface area contributed by atoms with Crippen LogP contribution in [-0.4, -0.2) is 43.3 Å². The van der Waals surface area contributed by atoms with Gasteiger partial charge < -0.3 is 10.1 Å². The monoisotopic (exact) mass is 241 g/mol. The molecule has 0 bridgehead atoms. The Kier molecular flexibility index (Phi) is 4.65. The molecule has 0 radical (unpaired) electrons. The highest BCUT2D eigenvalue weighted by molar-refractivity contribution is 5.82. The van der Waals surface area contributed by atoms with Gasteiger partial charge in [0.15, 0.2) is 6.04 Å². The third-order valence-corrected chi connectivity index (χ3v) is 2.27. The molecule has 0 aliphatic heterocycles. The maximum Gasteiger partial charge on any atom is 0.329 e. The quantitative estimate of drug-likeness (QED) is 0.494. The Hall–Kier alpha value is -1.89. The first-order valence-corrected chi connectivity index (χ1v) is 5.27. The molecule has 1 rings (SSSR count). The number of carbonyl (C=O) groups is 2. The number of rotatable bonds is 6. The SMILES string of the molecule is CCCC(=O)N(O)[C@@H](Cc1cnc[nH]1)C(=O)O. The minimum absolute atomic E-state index is 0.0126. The summed E-state index contributed by atoms with van der Waals surface area (Å²) in [6.07, 6.45) is 3.51. The fraction of sp³-hybridized carbons (Fsp3) is 0.500. The van der Waals surface area contributed by atoms with Crippen LogP contribution in [-0.2, 0) is 16.0 Å². The van der Waals surface area contributed by atoms with Crippen LogP contribution in [0.4, 0.5) is 0 Å². The van der Waals surface area contributed by atoms with Crippen LogP contribution < -0.4 is 0 Å². The lowest BCUT2D eigenvalue weighted by Crippen LogP contribution is -2.44. The topological polar surface area (TPSA) is 107 Å². The number of carbonyl (C=O) groups excluding carboxylic acids is 1. The predicted molar refractivity (Wildman–Crippen MR) is 57.3 cm³/mol. The Balaban J connectivity index is 2.72. The van der Waals surface area contributed by atoms with E-state index in [1.165, 1.54) is 12.5 Å². The molecule has 17 heavy (non-hydrogen) atoms. The molecule has 0 saturated heterocycles. The Labute approximate surface area is 98.0 Å². The maximum absolute atomic E-state index is 11.4. The molecule has 1 aromatic heterocycles.